The Labute approximate surface area is 147 Å². The number of hydrogen-bond acceptors (Lipinski definition) is 5. The number of rotatable bonds is 6. The van der Waals surface area contributed by atoms with Gasteiger partial charge in [0, 0.05) is 26.4 Å². The molecular formula is C18H23N5S. The molecule has 0 aliphatic rings. The van der Waals surface area contributed by atoms with Crippen molar-refractivity contribution in [2.45, 2.75) is 31.2 Å². The number of aryl methyl sites for hydroxylation is 2. The predicted octanol–water partition coefficient (Wildman–Crippen LogP) is 3.67. The zero-order valence-electron chi connectivity index (χ0n) is 14.7. The Morgan fingerprint density at radius 1 is 1.08 bits per heavy atom. The molecule has 3 rings (SSSR count). The molecule has 2 heterocycles. The number of benzene rings is 1. The average molecular weight is 341 g/mol. The van der Waals surface area contributed by atoms with Crippen molar-refractivity contribution in [3.05, 3.63) is 41.7 Å². The van der Waals surface area contributed by atoms with Crippen LogP contribution in [0.5, 0.6) is 0 Å². The molecule has 1 aromatic carbocycles. The normalized spacial score (nSPS) is 11.2. The molecule has 0 N–H and O–H groups in total. The molecule has 0 fully saturated rings. The molecule has 0 bridgehead atoms. The van der Waals surface area contributed by atoms with E-state index >= 15 is 0 Å². The van der Waals surface area contributed by atoms with Crippen LogP contribution >= 0.6 is 11.8 Å². The number of hydrogen-bond donors (Lipinski definition) is 0. The van der Waals surface area contributed by atoms with Crippen molar-refractivity contribution < 1.29 is 0 Å². The lowest BCUT2D eigenvalue weighted by molar-refractivity contribution is 0.875. The second-order valence-electron chi connectivity index (χ2n) is 5.83. The maximum Gasteiger partial charge on any atom is 0.191 e. The minimum absolute atomic E-state index is 0.793. The van der Waals surface area contributed by atoms with E-state index in [2.05, 4.69) is 53.0 Å². The molecule has 0 atom stereocenters. The molecule has 24 heavy (non-hydrogen) atoms. The summed E-state index contributed by atoms with van der Waals surface area (Å²) in [5.74, 6) is 1.76. The standard InChI is InChI=1S/C18H23N5S/c1-5-13-7-9-14(10-8-13)11-24-18-20-16(22(3)6-2)15-17(21-18)23(4)12-19-15/h7-10,12H,5-6,11H2,1-4H3. The van der Waals surface area contributed by atoms with Crippen molar-refractivity contribution >= 4 is 28.7 Å². The maximum atomic E-state index is 4.74. The molecule has 6 heteroatoms. The van der Waals surface area contributed by atoms with Crippen LogP contribution < -0.4 is 4.90 Å². The lowest BCUT2D eigenvalue weighted by Gasteiger charge is -2.16. The van der Waals surface area contributed by atoms with Gasteiger partial charge in [-0.2, -0.15) is 0 Å². The fourth-order valence-electron chi connectivity index (χ4n) is 2.47. The lowest BCUT2D eigenvalue weighted by atomic mass is 10.1. The molecule has 126 valence electrons. The number of aromatic nitrogens is 4. The maximum absolute atomic E-state index is 4.74. The number of imidazole rings is 1. The SMILES string of the molecule is CCc1ccc(CSc2nc(N(C)CC)c3ncn(C)c3n2)cc1. The van der Waals surface area contributed by atoms with Crippen LogP contribution in [0.25, 0.3) is 11.2 Å². The zero-order chi connectivity index (χ0) is 17.1. The summed E-state index contributed by atoms with van der Waals surface area (Å²) in [5, 5.41) is 0.793. The summed E-state index contributed by atoms with van der Waals surface area (Å²) in [6.45, 7) is 5.16. The minimum atomic E-state index is 0.793. The highest BCUT2D eigenvalue weighted by Gasteiger charge is 2.15. The van der Waals surface area contributed by atoms with Gasteiger partial charge >= 0.3 is 0 Å². The monoisotopic (exact) mass is 341 g/mol. The minimum Gasteiger partial charge on any atom is -0.358 e. The van der Waals surface area contributed by atoms with Crippen LogP contribution in [0.3, 0.4) is 0 Å². The van der Waals surface area contributed by atoms with E-state index in [0.29, 0.717) is 0 Å². The first kappa shape index (κ1) is 16.8. The summed E-state index contributed by atoms with van der Waals surface area (Å²) in [7, 11) is 4.00. The van der Waals surface area contributed by atoms with Gasteiger partial charge in [0.15, 0.2) is 22.1 Å². The molecule has 0 saturated heterocycles. The number of fused-ring (bicyclic) bond motifs is 1. The fourth-order valence-corrected chi connectivity index (χ4v) is 3.26. The summed E-state index contributed by atoms with van der Waals surface area (Å²) in [6.07, 6.45) is 2.87. The summed E-state index contributed by atoms with van der Waals surface area (Å²) in [6, 6.07) is 8.76. The van der Waals surface area contributed by atoms with E-state index in [4.69, 9.17) is 4.98 Å². The molecule has 2 aromatic heterocycles. The van der Waals surface area contributed by atoms with E-state index in [0.717, 1.165) is 40.9 Å². The van der Waals surface area contributed by atoms with Gasteiger partial charge in [-0.1, -0.05) is 43.0 Å². The van der Waals surface area contributed by atoms with Gasteiger partial charge in [-0.15, -0.1) is 0 Å². The van der Waals surface area contributed by atoms with Gasteiger partial charge < -0.3 is 9.47 Å². The van der Waals surface area contributed by atoms with E-state index in [-0.39, 0.29) is 0 Å². The van der Waals surface area contributed by atoms with Crippen molar-refractivity contribution in [2.75, 3.05) is 18.5 Å². The summed E-state index contributed by atoms with van der Waals surface area (Å²) in [4.78, 5) is 16.0. The Bertz CT molecular complexity index is 825. The number of thioether (sulfide) groups is 1. The quantitative estimate of drug-likeness (QED) is 0.506. The third-order valence-corrected chi connectivity index (χ3v) is 5.07. The van der Waals surface area contributed by atoms with Crippen molar-refractivity contribution in [3.8, 4) is 0 Å². The Morgan fingerprint density at radius 2 is 1.79 bits per heavy atom. The molecule has 0 spiro atoms. The first-order valence-corrected chi connectivity index (χ1v) is 9.21. The van der Waals surface area contributed by atoms with Crippen LogP contribution in [-0.2, 0) is 19.2 Å². The summed E-state index contributed by atoms with van der Waals surface area (Å²) < 4.78 is 1.95. The van der Waals surface area contributed by atoms with Crippen molar-refractivity contribution in [3.63, 3.8) is 0 Å². The fraction of sp³-hybridized carbons (Fsp3) is 0.389. The number of anilines is 1. The van der Waals surface area contributed by atoms with E-state index in [1.807, 2.05) is 18.7 Å². The van der Waals surface area contributed by atoms with Gasteiger partial charge in [0.2, 0.25) is 0 Å². The van der Waals surface area contributed by atoms with Crippen LogP contribution in [0, 0.1) is 0 Å². The molecule has 0 radical (unpaired) electrons. The first-order valence-electron chi connectivity index (χ1n) is 8.23. The zero-order valence-corrected chi connectivity index (χ0v) is 15.5. The van der Waals surface area contributed by atoms with Crippen LogP contribution in [0.1, 0.15) is 25.0 Å². The third kappa shape index (κ3) is 3.38. The van der Waals surface area contributed by atoms with E-state index in [1.165, 1.54) is 11.1 Å². The molecule has 5 nitrogen and oxygen atoms in total. The van der Waals surface area contributed by atoms with Gasteiger partial charge in [-0.05, 0) is 24.5 Å². The lowest BCUT2D eigenvalue weighted by Crippen LogP contribution is -2.18. The van der Waals surface area contributed by atoms with Crippen molar-refractivity contribution in [2.24, 2.45) is 7.05 Å². The molecule has 0 unspecified atom stereocenters. The Morgan fingerprint density at radius 3 is 2.46 bits per heavy atom. The summed E-state index contributed by atoms with van der Waals surface area (Å²) in [5.41, 5.74) is 4.39. The van der Waals surface area contributed by atoms with Crippen molar-refractivity contribution in [1.82, 2.24) is 19.5 Å². The second-order valence-corrected chi connectivity index (χ2v) is 6.77. The molecule has 0 amide bonds. The Hall–Kier alpha value is -2.08. The highest BCUT2D eigenvalue weighted by atomic mass is 32.2. The van der Waals surface area contributed by atoms with Crippen LogP contribution in [0.15, 0.2) is 35.7 Å². The first-order chi connectivity index (χ1) is 11.6. The average Bonchev–Trinajstić information content (AvgIpc) is 3.00. The smallest absolute Gasteiger partial charge is 0.191 e. The predicted molar refractivity (Wildman–Crippen MR) is 101 cm³/mol. The van der Waals surface area contributed by atoms with E-state index in [1.54, 1.807) is 18.1 Å². The van der Waals surface area contributed by atoms with Crippen LogP contribution in [-0.4, -0.2) is 33.1 Å². The Kier molecular flexibility index (Phi) is 5.04. The highest BCUT2D eigenvalue weighted by molar-refractivity contribution is 7.98. The molecule has 0 aliphatic carbocycles. The third-order valence-electron chi connectivity index (χ3n) is 4.16. The van der Waals surface area contributed by atoms with Crippen molar-refractivity contribution in [1.29, 1.82) is 0 Å². The highest BCUT2D eigenvalue weighted by Crippen LogP contribution is 2.27. The Balaban J connectivity index is 1.86. The molecule has 0 saturated carbocycles. The van der Waals surface area contributed by atoms with E-state index in [9.17, 15) is 0 Å². The molecule has 0 aliphatic heterocycles. The number of nitrogens with zero attached hydrogens (tertiary/aromatic N) is 5. The van der Waals surface area contributed by atoms with Crippen LogP contribution in [0.2, 0.25) is 0 Å². The van der Waals surface area contributed by atoms with Crippen LogP contribution in [0.4, 0.5) is 5.82 Å². The van der Waals surface area contributed by atoms with Gasteiger partial charge in [0.05, 0.1) is 6.33 Å². The van der Waals surface area contributed by atoms with Gasteiger partial charge in [-0.3, -0.25) is 0 Å². The van der Waals surface area contributed by atoms with Gasteiger partial charge in [0.25, 0.3) is 0 Å². The van der Waals surface area contributed by atoms with E-state index < -0.39 is 0 Å². The topological polar surface area (TPSA) is 46.8 Å². The molecule has 3 aromatic rings. The largest absolute Gasteiger partial charge is 0.358 e. The second kappa shape index (κ2) is 7.21. The molecular weight excluding hydrogens is 318 g/mol. The summed E-state index contributed by atoms with van der Waals surface area (Å²) >= 11 is 1.67. The van der Waals surface area contributed by atoms with Gasteiger partial charge in [-0.25, -0.2) is 15.0 Å². The van der Waals surface area contributed by atoms with Gasteiger partial charge in [0.1, 0.15) is 0 Å².